The zero-order valence-corrected chi connectivity index (χ0v) is 21.2. The van der Waals surface area contributed by atoms with Crippen molar-refractivity contribution in [1.29, 1.82) is 0 Å². The summed E-state index contributed by atoms with van der Waals surface area (Å²) in [7, 11) is 0. The van der Waals surface area contributed by atoms with Gasteiger partial charge in [0.25, 0.3) is 5.89 Å². The lowest BCUT2D eigenvalue weighted by molar-refractivity contribution is -0.144. The summed E-state index contributed by atoms with van der Waals surface area (Å²) in [4.78, 5) is 11.2. The van der Waals surface area contributed by atoms with E-state index in [1.54, 1.807) is 26.2 Å². The van der Waals surface area contributed by atoms with Crippen LogP contribution in [0.15, 0.2) is 47.2 Å². The molecule has 2 aromatic heterocycles. The summed E-state index contributed by atoms with van der Waals surface area (Å²) in [5.74, 6) is 0.864. The fourth-order valence-corrected chi connectivity index (χ4v) is 4.77. The molecular formula is C27H36N4O3. The average molecular weight is 465 g/mol. The van der Waals surface area contributed by atoms with Crippen molar-refractivity contribution >= 4 is 0 Å². The quantitative estimate of drug-likeness (QED) is 0.533. The Morgan fingerprint density at radius 3 is 2.18 bits per heavy atom. The van der Waals surface area contributed by atoms with Crippen molar-refractivity contribution in [2.75, 3.05) is 13.1 Å². The lowest BCUT2D eigenvalue weighted by atomic mass is 9.61. The Kier molecular flexibility index (Phi) is 6.17. The minimum absolute atomic E-state index is 0.131. The number of aromatic nitrogens is 3. The highest BCUT2D eigenvalue weighted by atomic mass is 16.5. The Morgan fingerprint density at radius 2 is 1.65 bits per heavy atom. The molecule has 0 amide bonds. The second-order valence-electron chi connectivity index (χ2n) is 11.0. The van der Waals surface area contributed by atoms with Gasteiger partial charge in [-0.2, -0.15) is 4.98 Å². The minimum Gasteiger partial charge on any atom is -0.381 e. The van der Waals surface area contributed by atoms with Gasteiger partial charge in [-0.3, -0.25) is 9.88 Å². The smallest absolute Gasteiger partial charge is 0.258 e. The van der Waals surface area contributed by atoms with Gasteiger partial charge in [-0.1, -0.05) is 50.2 Å². The van der Waals surface area contributed by atoms with Crippen molar-refractivity contribution in [3.8, 4) is 11.4 Å². The molecule has 1 aromatic carbocycles. The van der Waals surface area contributed by atoms with Crippen LogP contribution in [0, 0.1) is 5.41 Å². The molecule has 0 radical (unpaired) electrons. The SMILES string of the molecule is CC(C)c1ccc([C@](O)(c2cncc(-c3noc(C(C)(C)O)n3)c2)C2(C)CN(C(C)C)C2)cc1. The highest BCUT2D eigenvalue weighted by molar-refractivity contribution is 5.56. The van der Waals surface area contributed by atoms with Crippen molar-refractivity contribution in [3.63, 3.8) is 0 Å². The van der Waals surface area contributed by atoms with Crippen LogP contribution in [0.2, 0.25) is 0 Å². The molecule has 1 fully saturated rings. The van der Waals surface area contributed by atoms with Gasteiger partial charge in [0.05, 0.1) is 0 Å². The van der Waals surface area contributed by atoms with Crippen molar-refractivity contribution in [1.82, 2.24) is 20.0 Å². The summed E-state index contributed by atoms with van der Waals surface area (Å²) in [6.45, 7) is 15.5. The summed E-state index contributed by atoms with van der Waals surface area (Å²) >= 11 is 0. The molecule has 0 saturated carbocycles. The van der Waals surface area contributed by atoms with Crippen molar-refractivity contribution in [2.24, 2.45) is 5.41 Å². The van der Waals surface area contributed by atoms with E-state index in [9.17, 15) is 10.2 Å². The number of hydrogen-bond donors (Lipinski definition) is 2. The third-order valence-corrected chi connectivity index (χ3v) is 7.07. The van der Waals surface area contributed by atoms with Crippen LogP contribution in [0.25, 0.3) is 11.4 Å². The van der Waals surface area contributed by atoms with Gasteiger partial charge in [0, 0.05) is 48.1 Å². The first-order valence-electron chi connectivity index (χ1n) is 11.9. The second-order valence-corrected chi connectivity index (χ2v) is 11.0. The molecule has 7 heteroatoms. The Labute approximate surface area is 201 Å². The summed E-state index contributed by atoms with van der Waals surface area (Å²) in [6.07, 6.45) is 3.37. The molecule has 1 aliphatic rings. The minimum atomic E-state index is -1.26. The van der Waals surface area contributed by atoms with Crippen LogP contribution in [0.3, 0.4) is 0 Å². The van der Waals surface area contributed by atoms with Gasteiger partial charge >= 0.3 is 0 Å². The Hall–Kier alpha value is -2.61. The topological polar surface area (TPSA) is 95.5 Å². The molecule has 0 aliphatic carbocycles. The van der Waals surface area contributed by atoms with Crippen molar-refractivity contribution in [3.05, 3.63) is 65.3 Å². The summed E-state index contributed by atoms with van der Waals surface area (Å²) in [5.41, 5.74) is 0.458. The summed E-state index contributed by atoms with van der Waals surface area (Å²) < 4.78 is 5.26. The van der Waals surface area contributed by atoms with E-state index in [4.69, 9.17) is 4.52 Å². The Morgan fingerprint density at radius 1 is 1.00 bits per heavy atom. The third-order valence-electron chi connectivity index (χ3n) is 7.07. The summed E-state index contributed by atoms with van der Waals surface area (Å²) in [6, 6.07) is 10.5. The largest absolute Gasteiger partial charge is 0.381 e. The number of pyridine rings is 1. The molecular weight excluding hydrogens is 428 g/mol. The predicted octanol–water partition coefficient (Wildman–Crippen LogP) is 4.45. The number of aliphatic hydroxyl groups is 2. The van der Waals surface area contributed by atoms with Crippen LogP contribution in [0.4, 0.5) is 0 Å². The molecule has 1 saturated heterocycles. The first kappa shape index (κ1) is 24.5. The molecule has 4 rings (SSSR count). The molecule has 0 bridgehead atoms. The standard InChI is InChI=1S/C27H36N4O3/c1-17(2)19-8-10-21(11-9-19)27(33,26(7)15-31(16-26)18(3)4)22-12-20(13-28-14-22)23-29-24(34-30-23)25(5,6)32/h8-14,17-18,32-33H,15-16H2,1-7H3/t27-/m0/s1. The Bertz CT molecular complexity index is 1140. The van der Waals surface area contributed by atoms with Crippen LogP contribution in [0.1, 0.15) is 77.0 Å². The average Bonchev–Trinajstić information content (AvgIpc) is 3.27. The number of benzene rings is 1. The van der Waals surface area contributed by atoms with Crippen LogP contribution in [-0.2, 0) is 11.2 Å². The first-order valence-corrected chi connectivity index (χ1v) is 11.9. The highest BCUT2D eigenvalue weighted by Crippen LogP contribution is 2.51. The van der Waals surface area contributed by atoms with E-state index in [2.05, 4.69) is 66.8 Å². The van der Waals surface area contributed by atoms with Crippen LogP contribution in [0.5, 0.6) is 0 Å². The van der Waals surface area contributed by atoms with E-state index in [1.807, 2.05) is 18.2 Å². The number of nitrogens with zero attached hydrogens (tertiary/aromatic N) is 4. The monoisotopic (exact) mass is 464 g/mol. The fourth-order valence-electron chi connectivity index (χ4n) is 4.77. The first-order chi connectivity index (χ1) is 15.8. The maximum Gasteiger partial charge on any atom is 0.258 e. The molecule has 1 atom stereocenters. The molecule has 2 N–H and O–H groups in total. The van der Waals surface area contributed by atoms with Gasteiger partial charge in [-0.25, -0.2) is 0 Å². The third kappa shape index (κ3) is 4.17. The molecule has 3 heterocycles. The van der Waals surface area contributed by atoms with E-state index in [1.165, 1.54) is 5.56 Å². The molecule has 1 aliphatic heterocycles. The van der Waals surface area contributed by atoms with Crippen LogP contribution >= 0.6 is 0 Å². The maximum absolute atomic E-state index is 12.5. The van der Waals surface area contributed by atoms with Crippen LogP contribution in [-0.4, -0.2) is 49.4 Å². The van der Waals surface area contributed by atoms with Crippen molar-refractivity contribution in [2.45, 2.75) is 71.6 Å². The number of hydrogen-bond acceptors (Lipinski definition) is 7. The van der Waals surface area contributed by atoms with E-state index in [-0.39, 0.29) is 5.89 Å². The van der Waals surface area contributed by atoms with E-state index < -0.39 is 16.6 Å². The van der Waals surface area contributed by atoms with Gasteiger partial charge in [0.1, 0.15) is 11.2 Å². The zero-order chi connectivity index (χ0) is 24.9. The van der Waals surface area contributed by atoms with Gasteiger partial charge in [-0.05, 0) is 50.8 Å². The van der Waals surface area contributed by atoms with Gasteiger partial charge in [0.2, 0.25) is 5.82 Å². The van der Waals surface area contributed by atoms with E-state index in [0.717, 1.165) is 18.7 Å². The second kappa shape index (κ2) is 8.56. The van der Waals surface area contributed by atoms with Gasteiger partial charge < -0.3 is 14.7 Å². The normalized spacial score (nSPS) is 18.2. The molecule has 0 unspecified atom stereocenters. The van der Waals surface area contributed by atoms with E-state index in [0.29, 0.717) is 28.9 Å². The lowest BCUT2D eigenvalue weighted by Gasteiger charge is -2.58. The molecule has 182 valence electrons. The molecule has 34 heavy (non-hydrogen) atoms. The number of likely N-dealkylation sites (tertiary alicyclic amines) is 1. The summed E-state index contributed by atoms with van der Waals surface area (Å²) in [5, 5.41) is 26.7. The van der Waals surface area contributed by atoms with Crippen molar-refractivity contribution < 1.29 is 14.7 Å². The number of rotatable bonds is 7. The fraction of sp³-hybridized carbons (Fsp3) is 0.519. The highest BCUT2D eigenvalue weighted by Gasteiger charge is 2.56. The zero-order valence-electron chi connectivity index (χ0n) is 21.2. The van der Waals surface area contributed by atoms with Crippen LogP contribution < -0.4 is 0 Å². The Balaban J connectivity index is 1.80. The molecule has 3 aromatic rings. The molecule has 7 nitrogen and oxygen atoms in total. The molecule has 0 spiro atoms. The van der Waals surface area contributed by atoms with E-state index >= 15 is 0 Å². The maximum atomic E-state index is 12.5. The van der Waals surface area contributed by atoms with Gasteiger partial charge in [0.15, 0.2) is 0 Å². The lowest BCUT2D eigenvalue weighted by Crippen LogP contribution is -2.66. The predicted molar refractivity (Wildman–Crippen MR) is 131 cm³/mol. The van der Waals surface area contributed by atoms with Gasteiger partial charge in [-0.15, -0.1) is 0 Å².